The first-order chi connectivity index (χ1) is 11.9. The molecule has 1 heterocycles. The summed E-state index contributed by atoms with van der Waals surface area (Å²) in [6.07, 6.45) is -4.67. The SMILES string of the molecule is Cc1ccc(C(C)NC(=O)C(C)n2nc(C(F)(F)F)c(Cl)c2C)c(C)c1. The standard InChI is InChI=1S/C18H21ClF3N3O/c1-9-6-7-14(10(2)8-9)11(3)23-17(26)13(5)25-12(4)15(19)16(24-25)18(20,21)22/h6-8,11,13H,1-5H3,(H,23,26). The number of alkyl halides is 3. The maximum absolute atomic E-state index is 13.0. The molecule has 1 aromatic carbocycles. The molecule has 0 saturated carbocycles. The molecule has 142 valence electrons. The van der Waals surface area contributed by atoms with Crippen LogP contribution in [0.1, 0.15) is 54.0 Å². The Labute approximate surface area is 155 Å². The van der Waals surface area contributed by atoms with Crippen LogP contribution in [0.2, 0.25) is 5.02 Å². The van der Waals surface area contributed by atoms with Gasteiger partial charge in [-0.05, 0) is 45.7 Å². The minimum absolute atomic E-state index is 0.0980. The predicted octanol–water partition coefficient (Wildman–Crippen LogP) is 4.92. The molecule has 0 bridgehead atoms. The quantitative estimate of drug-likeness (QED) is 0.809. The molecule has 1 N–H and O–H groups in total. The molecule has 0 spiro atoms. The van der Waals surface area contributed by atoms with Gasteiger partial charge >= 0.3 is 6.18 Å². The van der Waals surface area contributed by atoms with E-state index < -0.39 is 28.8 Å². The number of benzene rings is 1. The van der Waals surface area contributed by atoms with Crippen molar-refractivity contribution >= 4 is 17.5 Å². The summed E-state index contributed by atoms with van der Waals surface area (Å²) >= 11 is 5.75. The molecule has 0 aliphatic rings. The van der Waals surface area contributed by atoms with Gasteiger partial charge in [0.1, 0.15) is 6.04 Å². The van der Waals surface area contributed by atoms with Crippen LogP contribution in [0.15, 0.2) is 18.2 Å². The zero-order valence-electron chi connectivity index (χ0n) is 15.2. The average molecular weight is 388 g/mol. The van der Waals surface area contributed by atoms with Gasteiger partial charge in [0.15, 0.2) is 5.69 Å². The molecule has 1 aromatic heterocycles. The van der Waals surface area contributed by atoms with Crippen molar-refractivity contribution in [3.05, 3.63) is 51.3 Å². The number of hydrogen-bond donors (Lipinski definition) is 1. The van der Waals surface area contributed by atoms with Gasteiger partial charge in [-0.2, -0.15) is 18.3 Å². The Morgan fingerprint density at radius 2 is 1.85 bits per heavy atom. The van der Waals surface area contributed by atoms with E-state index >= 15 is 0 Å². The van der Waals surface area contributed by atoms with E-state index in [-0.39, 0.29) is 11.7 Å². The van der Waals surface area contributed by atoms with Gasteiger partial charge in [0.05, 0.1) is 16.8 Å². The van der Waals surface area contributed by atoms with E-state index in [0.717, 1.165) is 21.4 Å². The van der Waals surface area contributed by atoms with E-state index in [9.17, 15) is 18.0 Å². The Kier molecular flexibility index (Phi) is 5.70. The van der Waals surface area contributed by atoms with E-state index in [4.69, 9.17) is 11.6 Å². The molecule has 8 heteroatoms. The second-order valence-corrected chi connectivity index (χ2v) is 6.83. The van der Waals surface area contributed by atoms with Crippen LogP contribution in [0.5, 0.6) is 0 Å². The van der Waals surface area contributed by atoms with Crippen LogP contribution < -0.4 is 5.32 Å². The normalized spacial score (nSPS) is 14.2. The number of aromatic nitrogens is 2. The Hall–Kier alpha value is -2.02. The fraction of sp³-hybridized carbons (Fsp3) is 0.444. The van der Waals surface area contributed by atoms with Gasteiger partial charge in [0.25, 0.3) is 0 Å². The average Bonchev–Trinajstić information content (AvgIpc) is 2.82. The minimum atomic E-state index is -4.67. The molecule has 26 heavy (non-hydrogen) atoms. The Morgan fingerprint density at radius 3 is 2.35 bits per heavy atom. The maximum Gasteiger partial charge on any atom is 0.436 e. The number of carbonyl (C=O) groups is 1. The Balaban J connectivity index is 2.22. The summed E-state index contributed by atoms with van der Waals surface area (Å²) in [5.41, 5.74) is 2.00. The third kappa shape index (κ3) is 4.03. The third-order valence-electron chi connectivity index (χ3n) is 4.34. The Morgan fingerprint density at radius 1 is 1.23 bits per heavy atom. The van der Waals surface area contributed by atoms with Gasteiger partial charge in [0.2, 0.25) is 5.91 Å². The van der Waals surface area contributed by atoms with Gasteiger partial charge < -0.3 is 5.32 Å². The van der Waals surface area contributed by atoms with E-state index in [0.29, 0.717) is 0 Å². The summed E-state index contributed by atoms with van der Waals surface area (Å²) in [4.78, 5) is 12.5. The molecule has 2 unspecified atom stereocenters. The molecule has 2 rings (SSSR count). The van der Waals surface area contributed by atoms with Crippen molar-refractivity contribution in [3.63, 3.8) is 0 Å². The van der Waals surface area contributed by atoms with Crippen molar-refractivity contribution in [2.45, 2.75) is 52.9 Å². The summed E-state index contributed by atoms with van der Waals surface area (Å²) in [5, 5.41) is 5.85. The van der Waals surface area contributed by atoms with E-state index in [1.807, 2.05) is 39.0 Å². The highest BCUT2D eigenvalue weighted by molar-refractivity contribution is 6.32. The van der Waals surface area contributed by atoms with Crippen LogP contribution in [-0.4, -0.2) is 15.7 Å². The van der Waals surface area contributed by atoms with Crippen molar-refractivity contribution in [1.82, 2.24) is 15.1 Å². The monoisotopic (exact) mass is 387 g/mol. The van der Waals surface area contributed by atoms with Crippen LogP contribution in [0.25, 0.3) is 0 Å². The summed E-state index contributed by atoms with van der Waals surface area (Å²) < 4.78 is 39.9. The van der Waals surface area contributed by atoms with Gasteiger partial charge in [0, 0.05) is 0 Å². The first-order valence-corrected chi connectivity index (χ1v) is 8.50. The van der Waals surface area contributed by atoms with Crippen molar-refractivity contribution < 1.29 is 18.0 Å². The number of rotatable bonds is 4. The van der Waals surface area contributed by atoms with E-state index in [1.165, 1.54) is 13.8 Å². The zero-order valence-corrected chi connectivity index (χ0v) is 16.0. The summed E-state index contributed by atoms with van der Waals surface area (Å²) in [6.45, 7) is 8.64. The molecule has 0 saturated heterocycles. The molecular weight excluding hydrogens is 367 g/mol. The van der Waals surface area contributed by atoms with E-state index in [1.54, 1.807) is 0 Å². The number of aryl methyl sites for hydroxylation is 2. The van der Waals surface area contributed by atoms with Gasteiger partial charge in [-0.1, -0.05) is 35.4 Å². The largest absolute Gasteiger partial charge is 0.436 e. The number of nitrogens with zero attached hydrogens (tertiary/aromatic N) is 2. The minimum Gasteiger partial charge on any atom is -0.348 e. The lowest BCUT2D eigenvalue weighted by molar-refractivity contribution is -0.141. The number of halogens is 4. The van der Waals surface area contributed by atoms with Crippen LogP contribution in [-0.2, 0) is 11.0 Å². The fourth-order valence-electron chi connectivity index (χ4n) is 2.89. The number of carbonyl (C=O) groups excluding carboxylic acids is 1. The van der Waals surface area contributed by atoms with Crippen molar-refractivity contribution in [2.75, 3.05) is 0 Å². The molecule has 2 aromatic rings. The highest BCUT2D eigenvalue weighted by atomic mass is 35.5. The topological polar surface area (TPSA) is 46.9 Å². The van der Waals surface area contributed by atoms with Crippen molar-refractivity contribution in [2.24, 2.45) is 0 Å². The second kappa shape index (κ2) is 7.31. The van der Waals surface area contributed by atoms with Crippen LogP contribution in [0, 0.1) is 20.8 Å². The molecular formula is C18H21ClF3N3O. The predicted molar refractivity (Wildman–Crippen MR) is 94.2 cm³/mol. The lowest BCUT2D eigenvalue weighted by Gasteiger charge is -2.20. The lowest BCUT2D eigenvalue weighted by atomic mass is 10.00. The fourth-order valence-corrected chi connectivity index (χ4v) is 3.12. The van der Waals surface area contributed by atoms with Crippen molar-refractivity contribution in [3.8, 4) is 0 Å². The molecule has 0 radical (unpaired) electrons. The first kappa shape index (κ1) is 20.3. The molecule has 4 nitrogen and oxygen atoms in total. The number of nitrogens with one attached hydrogen (secondary N) is 1. The zero-order chi connectivity index (χ0) is 19.8. The van der Waals surface area contributed by atoms with Gasteiger partial charge in [-0.3, -0.25) is 9.48 Å². The maximum atomic E-state index is 13.0. The Bertz CT molecular complexity index is 830. The summed E-state index contributed by atoms with van der Waals surface area (Å²) in [7, 11) is 0. The molecule has 0 aliphatic carbocycles. The smallest absolute Gasteiger partial charge is 0.348 e. The first-order valence-electron chi connectivity index (χ1n) is 8.12. The third-order valence-corrected chi connectivity index (χ3v) is 4.79. The molecule has 0 aliphatic heterocycles. The highest BCUT2D eigenvalue weighted by Gasteiger charge is 2.39. The van der Waals surface area contributed by atoms with E-state index in [2.05, 4.69) is 10.4 Å². The lowest BCUT2D eigenvalue weighted by Crippen LogP contribution is -2.34. The number of hydrogen-bond acceptors (Lipinski definition) is 2. The highest BCUT2D eigenvalue weighted by Crippen LogP contribution is 2.36. The van der Waals surface area contributed by atoms with Gasteiger partial charge in [-0.25, -0.2) is 0 Å². The van der Waals surface area contributed by atoms with Gasteiger partial charge in [-0.15, -0.1) is 0 Å². The van der Waals surface area contributed by atoms with Crippen LogP contribution >= 0.6 is 11.6 Å². The second-order valence-electron chi connectivity index (χ2n) is 6.46. The molecule has 1 amide bonds. The van der Waals surface area contributed by atoms with Crippen LogP contribution in [0.4, 0.5) is 13.2 Å². The molecule has 2 atom stereocenters. The van der Waals surface area contributed by atoms with Crippen molar-refractivity contribution in [1.29, 1.82) is 0 Å². The van der Waals surface area contributed by atoms with Crippen LogP contribution in [0.3, 0.4) is 0 Å². The molecule has 0 fully saturated rings. The number of amides is 1. The summed E-state index contributed by atoms with van der Waals surface area (Å²) in [5.74, 6) is -0.437. The summed E-state index contributed by atoms with van der Waals surface area (Å²) in [6, 6.07) is 4.66.